The third-order valence-electron chi connectivity index (χ3n) is 3.72. The summed E-state index contributed by atoms with van der Waals surface area (Å²) in [6.07, 6.45) is 3.16. The van der Waals surface area contributed by atoms with Crippen LogP contribution in [0.5, 0.6) is 0 Å². The Labute approximate surface area is 120 Å². The molecule has 0 atom stereocenters. The molecule has 0 aromatic carbocycles. The Hall–Kier alpha value is -1.84. The molecule has 1 N–H and O–H groups in total. The van der Waals surface area contributed by atoms with E-state index in [4.69, 9.17) is 0 Å². The number of carboxylic acids is 1. The van der Waals surface area contributed by atoms with E-state index in [1.165, 1.54) is 5.57 Å². The van der Waals surface area contributed by atoms with Gasteiger partial charge in [0.1, 0.15) is 11.4 Å². The molecule has 0 spiro atoms. The highest BCUT2D eigenvalue weighted by Gasteiger charge is 2.24. The molecule has 0 aliphatic carbocycles. The number of rotatable bonds is 2. The third-order valence-corrected chi connectivity index (χ3v) is 3.72. The second kappa shape index (κ2) is 5.27. The van der Waals surface area contributed by atoms with Crippen molar-refractivity contribution < 1.29 is 9.90 Å². The van der Waals surface area contributed by atoms with Crippen LogP contribution in [0.25, 0.3) is 0 Å². The number of pyridine rings is 1. The van der Waals surface area contributed by atoms with Gasteiger partial charge in [-0.1, -0.05) is 32.4 Å². The van der Waals surface area contributed by atoms with Crippen molar-refractivity contribution >= 4 is 11.8 Å². The second-order valence-corrected chi connectivity index (χ2v) is 6.30. The molecule has 0 fully saturated rings. The van der Waals surface area contributed by atoms with Crippen LogP contribution < -0.4 is 4.90 Å². The highest BCUT2D eigenvalue weighted by atomic mass is 16.4. The van der Waals surface area contributed by atoms with Crippen molar-refractivity contribution in [2.45, 2.75) is 34.1 Å². The molecule has 2 heterocycles. The Morgan fingerprint density at radius 3 is 2.55 bits per heavy atom. The molecular weight excluding hydrogens is 252 g/mol. The van der Waals surface area contributed by atoms with E-state index in [-0.39, 0.29) is 11.0 Å². The largest absolute Gasteiger partial charge is 0.478 e. The maximum absolute atomic E-state index is 11.3. The number of anilines is 1. The van der Waals surface area contributed by atoms with Crippen molar-refractivity contribution in [1.29, 1.82) is 0 Å². The van der Waals surface area contributed by atoms with Crippen LogP contribution >= 0.6 is 0 Å². The number of hydrogen-bond acceptors (Lipinski definition) is 3. The molecule has 0 radical (unpaired) electrons. The van der Waals surface area contributed by atoms with E-state index in [9.17, 15) is 9.90 Å². The standard InChI is InChI=1S/C16H22N2O2/c1-11-5-6-13(15(19)20)14(17-11)18-9-7-12(8-10-18)16(2,3)4/h5-7H,8-10H2,1-4H3,(H,19,20). The topological polar surface area (TPSA) is 53.4 Å². The maximum Gasteiger partial charge on any atom is 0.339 e. The van der Waals surface area contributed by atoms with Crippen LogP contribution in [0.1, 0.15) is 43.2 Å². The van der Waals surface area contributed by atoms with Crippen LogP contribution in [0, 0.1) is 12.3 Å². The molecule has 1 aromatic heterocycles. The van der Waals surface area contributed by atoms with E-state index in [0.29, 0.717) is 5.82 Å². The fourth-order valence-electron chi connectivity index (χ4n) is 2.49. The first-order valence-corrected chi connectivity index (χ1v) is 6.94. The van der Waals surface area contributed by atoms with Crippen LogP contribution in [0.2, 0.25) is 0 Å². The zero-order valence-electron chi connectivity index (χ0n) is 12.6. The molecule has 1 aromatic rings. The van der Waals surface area contributed by atoms with Gasteiger partial charge in [-0.2, -0.15) is 0 Å². The van der Waals surface area contributed by atoms with Gasteiger partial charge in [-0.05, 0) is 30.9 Å². The number of aryl methyl sites for hydroxylation is 1. The Morgan fingerprint density at radius 2 is 2.05 bits per heavy atom. The summed E-state index contributed by atoms with van der Waals surface area (Å²) in [7, 11) is 0. The molecule has 20 heavy (non-hydrogen) atoms. The van der Waals surface area contributed by atoms with Gasteiger partial charge in [0.25, 0.3) is 0 Å². The second-order valence-electron chi connectivity index (χ2n) is 6.30. The van der Waals surface area contributed by atoms with E-state index in [1.54, 1.807) is 12.1 Å². The van der Waals surface area contributed by atoms with Gasteiger partial charge in [-0.25, -0.2) is 9.78 Å². The van der Waals surface area contributed by atoms with Crippen LogP contribution in [0.15, 0.2) is 23.8 Å². The van der Waals surface area contributed by atoms with Gasteiger partial charge >= 0.3 is 5.97 Å². The first kappa shape index (κ1) is 14.6. The fourth-order valence-corrected chi connectivity index (χ4v) is 2.49. The highest BCUT2D eigenvalue weighted by Crippen LogP contribution is 2.31. The number of hydrogen-bond donors (Lipinski definition) is 1. The van der Waals surface area contributed by atoms with Gasteiger partial charge in [-0.3, -0.25) is 0 Å². The van der Waals surface area contributed by atoms with E-state index in [1.807, 2.05) is 11.8 Å². The quantitative estimate of drug-likeness (QED) is 0.841. The van der Waals surface area contributed by atoms with Gasteiger partial charge in [0.2, 0.25) is 0 Å². The number of carboxylic acid groups (broad SMARTS) is 1. The smallest absolute Gasteiger partial charge is 0.339 e. The summed E-state index contributed by atoms with van der Waals surface area (Å²) in [4.78, 5) is 17.8. The number of nitrogens with zero attached hydrogens (tertiary/aromatic N) is 2. The minimum atomic E-state index is -0.918. The van der Waals surface area contributed by atoms with Gasteiger partial charge in [0.15, 0.2) is 0 Å². The molecule has 0 unspecified atom stereocenters. The summed E-state index contributed by atoms with van der Waals surface area (Å²) < 4.78 is 0. The highest BCUT2D eigenvalue weighted by molar-refractivity contribution is 5.93. The molecule has 108 valence electrons. The lowest BCUT2D eigenvalue weighted by molar-refractivity contribution is 0.0697. The molecule has 0 amide bonds. The van der Waals surface area contributed by atoms with Crippen molar-refractivity contribution in [2.75, 3.05) is 18.0 Å². The lowest BCUT2D eigenvalue weighted by Crippen LogP contribution is -2.33. The van der Waals surface area contributed by atoms with Crippen molar-refractivity contribution in [3.05, 3.63) is 35.0 Å². The van der Waals surface area contributed by atoms with Crippen LogP contribution in [-0.4, -0.2) is 29.1 Å². The zero-order valence-corrected chi connectivity index (χ0v) is 12.6. The van der Waals surface area contributed by atoms with Crippen LogP contribution in [0.4, 0.5) is 5.82 Å². The van der Waals surface area contributed by atoms with Crippen molar-refractivity contribution in [1.82, 2.24) is 4.98 Å². The summed E-state index contributed by atoms with van der Waals surface area (Å²) in [5.41, 5.74) is 2.74. The van der Waals surface area contributed by atoms with Crippen LogP contribution in [-0.2, 0) is 0 Å². The minimum absolute atomic E-state index is 0.182. The average Bonchev–Trinajstić information content (AvgIpc) is 2.37. The first-order chi connectivity index (χ1) is 9.29. The normalized spacial score (nSPS) is 16.0. The molecule has 0 saturated heterocycles. The maximum atomic E-state index is 11.3. The Morgan fingerprint density at radius 1 is 1.35 bits per heavy atom. The molecule has 2 rings (SSSR count). The van der Waals surface area contributed by atoms with E-state index in [2.05, 4.69) is 31.8 Å². The number of aromatic nitrogens is 1. The molecule has 4 nitrogen and oxygen atoms in total. The summed E-state index contributed by atoms with van der Waals surface area (Å²) in [6.45, 7) is 10.1. The number of aromatic carboxylic acids is 1. The summed E-state index contributed by atoms with van der Waals surface area (Å²) in [5.74, 6) is -0.334. The number of carbonyl (C=O) groups is 1. The van der Waals surface area contributed by atoms with Gasteiger partial charge in [0, 0.05) is 18.8 Å². The SMILES string of the molecule is Cc1ccc(C(=O)O)c(N2CC=C(C(C)(C)C)CC2)n1. The van der Waals surface area contributed by atoms with Gasteiger partial charge < -0.3 is 10.0 Å². The first-order valence-electron chi connectivity index (χ1n) is 6.94. The lowest BCUT2D eigenvalue weighted by Gasteiger charge is -2.33. The minimum Gasteiger partial charge on any atom is -0.478 e. The van der Waals surface area contributed by atoms with E-state index in [0.717, 1.165) is 25.2 Å². The molecule has 0 bridgehead atoms. The average molecular weight is 274 g/mol. The molecule has 0 saturated carbocycles. The Kier molecular flexibility index (Phi) is 3.84. The van der Waals surface area contributed by atoms with Gasteiger partial charge in [-0.15, -0.1) is 0 Å². The monoisotopic (exact) mass is 274 g/mol. The van der Waals surface area contributed by atoms with Crippen LogP contribution in [0.3, 0.4) is 0 Å². The van der Waals surface area contributed by atoms with Crippen molar-refractivity contribution in [3.8, 4) is 0 Å². The Bertz CT molecular complexity index is 556. The molecule has 1 aliphatic rings. The van der Waals surface area contributed by atoms with E-state index >= 15 is 0 Å². The summed E-state index contributed by atoms with van der Waals surface area (Å²) >= 11 is 0. The predicted molar refractivity (Wildman–Crippen MR) is 80.3 cm³/mol. The van der Waals surface area contributed by atoms with Crippen molar-refractivity contribution in [2.24, 2.45) is 5.41 Å². The van der Waals surface area contributed by atoms with Gasteiger partial charge in [0.05, 0.1) is 0 Å². The Balaban J connectivity index is 2.29. The molecule has 1 aliphatic heterocycles. The molecular formula is C16H22N2O2. The fraction of sp³-hybridized carbons (Fsp3) is 0.500. The van der Waals surface area contributed by atoms with Crippen molar-refractivity contribution in [3.63, 3.8) is 0 Å². The zero-order chi connectivity index (χ0) is 14.9. The molecule has 4 heteroatoms. The third kappa shape index (κ3) is 3.00. The summed E-state index contributed by atoms with van der Waals surface area (Å²) in [5, 5.41) is 9.29. The van der Waals surface area contributed by atoms with E-state index < -0.39 is 5.97 Å². The predicted octanol–water partition coefficient (Wildman–Crippen LogP) is 3.27. The lowest BCUT2D eigenvalue weighted by atomic mass is 9.83. The summed E-state index contributed by atoms with van der Waals surface area (Å²) in [6, 6.07) is 3.39.